The third kappa shape index (κ3) is 1.99. The molecule has 0 fully saturated rings. The van der Waals surface area contributed by atoms with Crippen molar-refractivity contribution in [1.82, 2.24) is 0 Å². The Balaban J connectivity index is 1.44. The molecule has 9 rings (SSSR count). The number of allylic oxidation sites excluding steroid dienone is 2. The molecule has 0 amide bonds. The van der Waals surface area contributed by atoms with E-state index in [0.717, 1.165) is 50.9 Å². The van der Waals surface area contributed by atoms with Gasteiger partial charge in [0.2, 0.25) is 0 Å². The van der Waals surface area contributed by atoms with Crippen LogP contribution >= 0.6 is 0 Å². The molecule has 0 saturated heterocycles. The van der Waals surface area contributed by atoms with E-state index in [1.807, 2.05) is 48.5 Å². The van der Waals surface area contributed by atoms with Crippen molar-refractivity contribution in [2.24, 2.45) is 0 Å². The van der Waals surface area contributed by atoms with Crippen molar-refractivity contribution in [2.75, 3.05) is 0 Å². The highest BCUT2D eigenvalue weighted by Crippen LogP contribution is 2.52. The van der Waals surface area contributed by atoms with Crippen LogP contribution in [0.25, 0.3) is 33.2 Å². The summed E-state index contributed by atoms with van der Waals surface area (Å²) in [5.41, 5.74) is 11.2. The van der Waals surface area contributed by atoms with Gasteiger partial charge in [-0.15, -0.1) is 0 Å². The van der Waals surface area contributed by atoms with E-state index in [-0.39, 0.29) is 17.5 Å². The Morgan fingerprint density at radius 1 is 0.639 bits per heavy atom. The third-order valence-corrected chi connectivity index (χ3v) is 8.67. The van der Waals surface area contributed by atoms with Crippen molar-refractivity contribution in [3.63, 3.8) is 0 Å². The van der Waals surface area contributed by atoms with Gasteiger partial charge in [0.1, 0.15) is 0 Å². The predicted octanol–water partition coefficient (Wildman–Crippen LogP) is 7.23. The molecule has 4 aliphatic rings. The van der Waals surface area contributed by atoms with Crippen LogP contribution in [0.4, 0.5) is 0 Å². The molecule has 0 unspecified atom stereocenters. The van der Waals surface area contributed by atoms with Gasteiger partial charge in [0.25, 0.3) is 0 Å². The first-order valence-electron chi connectivity index (χ1n) is 12.5. The summed E-state index contributed by atoms with van der Waals surface area (Å²) in [5, 5.41) is 4.73. The molecule has 1 atom stereocenters. The zero-order valence-corrected chi connectivity index (χ0v) is 19.3. The number of ketones is 2. The van der Waals surface area contributed by atoms with E-state index < -0.39 is 0 Å². The van der Waals surface area contributed by atoms with Gasteiger partial charge in [-0.25, -0.2) is 0 Å². The smallest absolute Gasteiger partial charge is 0.194 e. The van der Waals surface area contributed by atoms with Crippen LogP contribution in [0.2, 0.25) is 0 Å². The molecule has 36 heavy (non-hydrogen) atoms. The van der Waals surface area contributed by atoms with E-state index in [1.165, 1.54) is 38.2 Å². The van der Waals surface area contributed by atoms with Crippen LogP contribution in [0.3, 0.4) is 0 Å². The van der Waals surface area contributed by atoms with Crippen LogP contribution < -0.4 is 0 Å². The Morgan fingerprint density at radius 2 is 1.33 bits per heavy atom. The van der Waals surface area contributed by atoms with Gasteiger partial charge in [-0.2, -0.15) is 0 Å². The Morgan fingerprint density at radius 3 is 2.19 bits per heavy atom. The van der Waals surface area contributed by atoms with Crippen molar-refractivity contribution in [2.45, 2.75) is 12.3 Å². The van der Waals surface area contributed by atoms with Gasteiger partial charge in [-0.3, -0.25) is 9.59 Å². The van der Waals surface area contributed by atoms with Crippen molar-refractivity contribution in [1.29, 1.82) is 0 Å². The number of benzene rings is 5. The molecule has 0 heterocycles. The first-order valence-corrected chi connectivity index (χ1v) is 12.5. The Bertz CT molecular complexity index is 2000. The average Bonchev–Trinajstić information content (AvgIpc) is 2.94. The quantitative estimate of drug-likeness (QED) is 0.225. The minimum Gasteiger partial charge on any atom is -0.289 e. The van der Waals surface area contributed by atoms with Crippen molar-refractivity contribution in [3.8, 4) is 0 Å². The lowest BCUT2D eigenvalue weighted by Crippen LogP contribution is -2.21. The average molecular weight is 459 g/mol. The summed E-state index contributed by atoms with van der Waals surface area (Å²) in [5.74, 6) is 0.295. The summed E-state index contributed by atoms with van der Waals surface area (Å²) in [6.07, 6.45) is 7.63. The van der Waals surface area contributed by atoms with Gasteiger partial charge < -0.3 is 0 Å². The zero-order chi connectivity index (χ0) is 23.7. The van der Waals surface area contributed by atoms with E-state index in [2.05, 4.69) is 42.5 Å². The van der Waals surface area contributed by atoms with Crippen molar-refractivity contribution >= 4 is 44.8 Å². The van der Waals surface area contributed by atoms with E-state index in [4.69, 9.17) is 0 Å². The molecular weight excluding hydrogens is 440 g/mol. The molecule has 0 bridgehead atoms. The van der Waals surface area contributed by atoms with Gasteiger partial charge in [0.05, 0.1) is 0 Å². The predicted molar refractivity (Wildman–Crippen MR) is 143 cm³/mol. The zero-order valence-electron chi connectivity index (χ0n) is 19.3. The number of fused-ring (bicyclic) bond motifs is 6. The molecule has 5 aromatic carbocycles. The van der Waals surface area contributed by atoms with Gasteiger partial charge in [0.15, 0.2) is 11.6 Å². The minimum absolute atomic E-state index is 0.0792. The van der Waals surface area contributed by atoms with Crippen LogP contribution in [0.1, 0.15) is 71.1 Å². The standard InChI is InChI=1S/C34H18O2/c35-33-25-7-3-1-5-17(25)19-9-11-21-22-12-10-20-18-6-2-4-8-26(18)34(36)28-16-14-24(30(22)32(20)28)23-13-15-27(33)31(19)29(21)23/h1-11,13-16,19H,12H2/t19-/m0/s1. The monoisotopic (exact) mass is 458 g/mol. The second-order valence-corrected chi connectivity index (χ2v) is 10.2. The SMILES string of the molecule is O=C1c2ccccc2C2=CCc3c4c5c6c(ccc5c5ccc1c2c35)C(=O)c1ccccc1[C@@H]6C=C4. The maximum atomic E-state index is 13.5. The van der Waals surface area contributed by atoms with Gasteiger partial charge >= 0.3 is 0 Å². The lowest BCUT2D eigenvalue weighted by Gasteiger charge is -2.33. The summed E-state index contributed by atoms with van der Waals surface area (Å²) in [6, 6.07) is 24.3. The highest BCUT2D eigenvalue weighted by atomic mass is 16.1. The fraction of sp³-hybridized carbons (Fsp3) is 0.0588. The Labute approximate surface area is 207 Å². The molecule has 0 aliphatic heterocycles. The van der Waals surface area contributed by atoms with Gasteiger partial charge in [0, 0.05) is 33.7 Å². The summed E-state index contributed by atoms with van der Waals surface area (Å²) < 4.78 is 0. The first kappa shape index (κ1) is 18.7. The molecule has 4 aliphatic carbocycles. The van der Waals surface area contributed by atoms with E-state index in [0.29, 0.717) is 0 Å². The number of rotatable bonds is 0. The molecule has 5 aromatic rings. The minimum atomic E-state index is 0.0792. The largest absolute Gasteiger partial charge is 0.289 e. The summed E-state index contributed by atoms with van der Waals surface area (Å²) in [4.78, 5) is 27.1. The molecule has 0 aromatic heterocycles. The molecule has 0 saturated carbocycles. The number of hydrogen-bond donors (Lipinski definition) is 0. The lowest BCUT2D eigenvalue weighted by atomic mass is 9.69. The highest BCUT2D eigenvalue weighted by molar-refractivity contribution is 6.27. The number of carbonyl (C=O) groups excluding carboxylic acids is 2. The van der Waals surface area contributed by atoms with Crippen LogP contribution in [0, 0.1) is 0 Å². The fourth-order valence-electron chi connectivity index (χ4n) is 7.23. The van der Waals surface area contributed by atoms with E-state index >= 15 is 0 Å². The molecule has 0 radical (unpaired) electrons. The van der Waals surface area contributed by atoms with Gasteiger partial charge in [-0.1, -0.05) is 85.0 Å². The second kappa shape index (κ2) is 6.16. The number of carbonyl (C=O) groups is 2. The third-order valence-electron chi connectivity index (χ3n) is 8.67. The molecule has 2 heteroatoms. The highest BCUT2D eigenvalue weighted by Gasteiger charge is 2.36. The number of hydrogen-bond acceptors (Lipinski definition) is 2. The van der Waals surface area contributed by atoms with Crippen molar-refractivity contribution < 1.29 is 9.59 Å². The topological polar surface area (TPSA) is 34.1 Å². The van der Waals surface area contributed by atoms with E-state index in [9.17, 15) is 9.59 Å². The lowest BCUT2D eigenvalue weighted by molar-refractivity contribution is 0.102. The second-order valence-electron chi connectivity index (χ2n) is 10.2. The molecular formula is C34H18O2. The van der Waals surface area contributed by atoms with E-state index in [1.54, 1.807) is 0 Å². The summed E-state index contributed by atoms with van der Waals surface area (Å²) in [6.45, 7) is 0. The fourth-order valence-corrected chi connectivity index (χ4v) is 7.23. The normalized spacial score (nSPS) is 17.8. The Hall–Kier alpha value is -4.56. The van der Waals surface area contributed by atoms with Crippen LogP contribution in [0.15, 0.2) is 84.9 Å². The van der Waals surface area contributed by atoms with Crippen LogP contribution in [-0.2, 0) is 6.42 Å². The van der Waals surface area contributed by atoms with Crippen LogP contribution in [-0.4, -0.2) is 11.6 Å². The van der Waals surface area contributed by atoms with Crippen molar-refractivity contribution in [3.05, 3.63) is 141 Å². The maximum absolute atomic E-state index is 13.5. The molecule has 0 spiro atoms. The first-order chi connectivity index (χ1) is 17.7. The summed E-state index contributed by atoms with van der Waals surface area (Å²) >= 11 is 0. The molecule has 2 nitrogen and oxygen atoms in total. The van der Waals surface area contributed by atoms with Gasteiger partial charge in [-0.05, 0) is 67.4 Å². The Kier molecular flexibility index (Phi) is 3.21. The summed E-state index contributed by atoms with van der Waals surface area (Å²) in [7, 11) is 0. The molecule has 0 N–H and O–H groups in total. The van der Waals surface area contributed by atoms with Crippen LogP contribution in [0.5, 0.6) is 0 Å². The maximum Gasteiger partial charge on any atom is 0.194 e. The molecule has 166 valence electrons.